The number of amides is 1. The van der Waals surface area contributed by atoms with Gasteiger partial charge in [0.1, 0.15) is 17.9 Å². The molecule has 0 bridgehead atoms. The molecule has 1 aliphatic rings. The zero-order valence-corrected chi connectivity index (χ0v) is 9.58. The topological polar surface area (TPSA) is 70.1 Å². The van der Waals surface area contributed by atoms with E-state index in [2.05, 4.69) is 0 Å². The number of nitrogens with two attached hydrogens (primary N) is 1. The maximum Gasteiger partial charge on any atom is 0.245 e. The van der Waals surface area contributed by atoms with Crippen LogP contribution in [0.4, 0.5) is 4.39 Å². The molecule has 92 valence electrons. The van der Waals surface area contributed by atoms with Gasteiger partial charge in [0.2, 0.25) is 5.91 Å². The van der Waals surface area contributed by atoms with Crippen LogP contribution in [0.3, 0.4) is 0 Å². The summed E-state index contributed by atoms with van der Waals surface area (Å²) in [4.78, 5) is 13.5. The molecule has 2 atom stereocenters. The monoisotopic (exact) mass is 245 g/mol. The van der Waals surface area contributed by atoms with Crippen LogP contribution in [0.5, 0.6) is 0 Å². The Hall–Kier alpha value is -2.19. The normalized spacial score (nSPS) is 19.6. The lowest BCUT2D eigenvalue weighted by molar-refractivity contribution is -0.132. The van der Waals surface area contributed by atoms with Crippen molar-refractivity contribution in [1.29, 1.82) is 5.26 Å². The van der Waals surface area contributed by atoms with Gasteiger partial charge >= 0.3 is 0 Å². The maximum absolute atomic E-state index is 12.8. The summed E-state index contributed by atoms with van der Waals surface area (Å²) >= 11 is 0. The van der Waals surface area contributed by atoms with Gasteiger partial charge in [-0.3, -0.25) is 4.79 Å². The van der Waals surface area contributed by atoms with Gasteiger partial charge in [0, 0.05) is 6.54 Å². The molecule has 1 aliphatic heterocycles. The van der Waals surface area contributed by atoms with Crippen molar-refractivity contribution in [3.05, 3.63) is 47.8 Å². The van der Waals surface area contributed by atoms with Crippen LogP contribution in [0.2, 0.25) is 0 Å². The zero-order valence-electron chi connectivity index (χ0n) is 9.58. The Kier molecular flexibility index (Phi) is 3.40. The van der Waals surface area contributed by atoms with E-state index in [1.807, 2.05) is 6.07 Å². The zero-order chi connectivity index (χ0) is 13.1. The number of nitriles is 1. The molecule has 5 heteroatoms. The molecular weight excluding hydrogens is 233 g/mol. The van der Waals surface area contributed by atoms with E-state index in [0.29, 0.717) is 12.1 Å². The van der Waals surface area contributed by atoms with Crippen LogP contribution in [0.1, 0.15) is 11.6 Å². The molecule has 0 radical (unpaired) electrons. The van der Waals surface area contributed by atoms with E-state index in [1.165, 1.54) is 29.2 Å². The lowest BCUT2D eigenvalue weighted by Gasteiger charge is -2.23. The first-order valence-electron chi connectivity index (χ1n) is 5.51. The summed E-state index contributed by atoms with van der Waals surface area (Å²) in [6, 6.07) is 6.04. The molecule has 4 nitrogen and oxygen atoms in total. The first-order valence-corrected chi connectivity index (χ1v) is 5.51. The average molecular weight is 245 g/mol. The molecule has 0 saturated heterocycles. The molecule has 0 fully saturated rings. The first kappa shape index (κ1) is 12.3. The lowest BCUT2D eigenvalue weighted by Crippen LogP contribution is -2.41. The number of nitrogens with zero attached hydrogens (tertiary/aromatic N) is 2. The van der Waals surface area contributed by atoms with Gasteiger partial charge < -0.3 is 10.6 Å². The van der Waals surface area contributed by atoms with Crippen molar-refractivity contribution in [2.75, 3.05) is 6.54 Å². The van der Waals surface area contributed by atoms with E-state index in [4.69, 9.17) is 11.0 Å². The van der Waals surface area contributed by atoms with Crippen LogP contribution in [-0.4, -0.2) is 23.4 Å². The third-order valence-electron chi connectivity index (χ3n) is 2.87. The van der Waals surface area contributed by atoms with Crippen molar-refractivity contribution in [3.63, 3.8) is 0 Å². The molecule has 2 unspecified atom stereocenters. The molecule has 0 aromatic heterocycles. The summed E-state index contributed by atoms with van der Waals surface area (Å²) in [6.45, 7) is 0.381. The second-order valence-electron chi connectivity index (χ2n) is 4.02. The molecule has 0 spiro atoms. The summed E-state index contributed by atoms with van der Waals surface area (Å²) in [5.74, 6) is -0.714. The quantitative estimate of drug-likeness (QED) is 0.793. The molecule has 1 amide bonds. The van der Waals surface area contributed by atoms with Gasteiger partial charge in [-0.2, -0.15) is 5.26 Å². The fraction of sp³-hybridized carbons (Fsp3) is 0.231. The van der Waals surface area contributed by atoms with Crippen molar-refractivity contribution < 1.29 is 9.18 Å². The van der Waals surface area contributed by atoms with Gasteiger partial charge in [0.15, 0.2) is 0 Å². The molecule has 18 heavy (non-hydrogen) atoms. The number of carbonyl (C=O) groups excluding carboxylic acids is 1. The van der Waals surface area contributed by atoms with Gasteiger partial charge in [-0.15, -0.1) is 0 Å². The van der Waals surface area contributed by atoms with Gasteiger partial charge in [-0.25, -0.2) is 4.39 Å². The Labute approximate surface area is 104 Å². The second kappa shape index (κ2) is 4.98. The highest BCUT2D eigenvalue weighted by atomic mass is 19.1. The van der Waals surface area contributed by atoms with Gasteiger partial charge in [0.05, 0.1) is 6.07 Å². The van der Waals surface area contributed by atoms with Crippen LogP contribution in [0.25, 0.3) is 0 Å². The fourth-order valence-electron chi connectivity index (χ4n) is 1.85. The van der Waals surface area contributed by atoms with Gasteiger partial charge in [-0.1, -0.05) is 18.2 Å². The highest BCUT2D eigenvalue weighted by molar-refractivity contribution is 5.84. The third kappa shape index (κ3) is 2.24. The number of hydrogen-bond donors (Lipinski definition) is 1. The van der Waals surface area contributed by atoms with Crippen LogP contribution in [-0.2, 0) is 4.79 Å². The van der Waals surface area contributed by atoms with Crippen LogP contribution >= 0.6 is 0 Å². The van der Waals surface area contributed by atoms with Crippen molar-refractivity contribution in [3.8, 4) is 6.07 Å². The predicted octanol–water partition coefficient (Wildman–Crippen LogP) is 1.12. The summed E-state index contributed by atoms with van der Waals surface area (Å²) in [6.07, 6.45) is 3.42. The summed E-state index contributed by atoms with van der Waals surface area (Å²) in [7, 11) is 0. The van der Waals surface area contributed by atoms with Crippen LogP contribution in [0, 0.1) is 17.1 Å². The first-order chi connectivity index (χ1) is 8.63. The van der Waals surface area contributed by atoms with Crippen molar-refractivity contribution in [1.82, 2.24) is 4.90 Å². The number of hydrogen-bond acceptors (Lipinski definition) is 3. The standard InChI is InChI=1S/C13H12FN3O/c14-10-5-3-9(4-6-10)12(16)13(18)17-7-1-2-11(17)8-15/h1-6,11-12H,7,16H2. The second-order valence-corrected chi connectivity index (χ2v) is 4.02. The van der Waals surface area contributed by atoms with E-state index in [1.54, 1.807) is 12.2 Å². The predicted molar refractivity (Wildman–Crippen MR) is 63.6 cm³/mol. The molecule has 0 aliphatic carbocycles. The van der Waals surface area contributed by atoms with Crippen molar-refractivity contribution >= 4 is 5.91 Å². The number of carbonyl (C=O) groups is 1. The van der Waals surface area contributed by atoms with Crippen LogP contribution in [0.15, 0.2) is 36.4 Å². The molecule has 1 aromatic carbocycles. The van der Waals surface area contributed by atoms with Crippen molar-refractivity contribution in [2.45, 2.75) is 12.1 Å². The van der Waals surface area contributed by atoms with E-state index >= 15 is 0 Å². The Morgan fingerprint density at radius 1 is 1.50 bits per heavy atom. The maximum atomic E-state index is 12.8. The minimum Gasteiger partial charge on any atom is -0.318 e. The van der Waals surface area contributed by atoms with Crippen molar-refractivity contribution in [2.24, 2.45) is 5.73 Å². The lowest BCUT2D eigenvalue weighted by atomic mass is 10.1. The van der Waals surface area contributed by atoms with Gasteiger partial charge in [0.25, 0.3) is 0 Å². The van der Waals surface area contributed by atoms with Gasteiger partial charge in [-0.05, 0) is 23.8 Å². The molecule has 0 saturated carbocycles. The molecular formula is C13H12FN3O. The smallest absolute Gasteiger partial charge is 0.245 e. The molecule has 2 rings (SSSR count). The number of benzene rings is 1. The highest BCUT2D eigenvalue weighted by Gasteiger charge is 2.29. The summed E-state index contributed by atoms with van der Waals surface area (Å²) in [5.41, 5.74) is 6.37. The fourth-order valence-corrected chi connectivity index (χ4v) is 1.85. The minimum absolute atomic E-state index is 0.335. The summed E-state index contributed by atoms with van der Waals surface area (Å²) < 4.78 is 12.8. The SMILES string of the molecule is N#CC1C=CCN1C(=O)C(N)c1ccc(F)cc1. The number of halogens is 1. The Balaban J connectivity index is 2.14. The Morgan fingerprint density at radius 3 is 2.78 bits per heavy atom. The highest BCUT2D eigenvalue weighted by Crippen LogP contribution is 2.18. The minimum atomic E-state index is -0.874. The molecule has 1 aromatic rings. The largest absolute Gasteiger partial charge is 0.318 e. The molecule has 1 heterocycles. The van der Waals surface area contributed by atoms with E-state index < -0.39 is 12.1 Å². The summed E-state index contributed by atoms with van der Waals surface area (Å²) in [5, 5.41) is 8.89. The van der Waals surface area contributed by atoms with E-state index in [-0.39, 0.29) is 11.7 Å². The van der Waals surface area contributed by atoms with E-state index in [0.717, 1.165) is 0 Å². The average Bonchev–Trinajstić information content (AvgIpc) is 2.86. The molecule has 2 N–H and O–H groups in total. The number of rotatable bonds is 2. The Morgan fingerprint density at radius 2 is 2.17 bits per heavy atom. The van der Waals surface area contributed by atoms with E-state index in [9.17, 15) is 9.18 Å². The third-order valence-corrected chi connectivity index (χ3v) is 2.87. The Bertz CT molecular complexity index is 518. The van der Waals surface area contributed by atoms with Crippen LogP contribution < -0.4 is 5.73 Å².